The zero-order valence-electron chi connectivity index (χ0n) is 10.5. The molecule has 3 aromatic rings. The van der Waals surface area contributed by atoms with E-state index >= 15 is 0 Å². The molecule has 0 aliphatic carbocycles. The first-order valence-corrected chi connectivity index (χ1v) is 6.70. The summed E-state index contributed by atoms with van der Waals surface area (Å²) in [7, 11) is 0. The minimum Gasteiger partial charge on any atom is -0.478 e. The number of carboxylic acid groups (broad SMARTS) is 1. The largest absolute Gasteiger partial charge is 0.478 e. The van der Waals surface area contributed by atoms with Gasteiger partial charge in [0.1, 0.15) is 5.56 Å². The van der Waals surface area contributed by atoms with E-state index < -0.39 is 5.97 Å². The molecule has 20 heavy (non-hydrogen) atoms. The van der Waals surface area contributed by atoms with Gasteiger partial charge >= 0.3 is 5.97 Å². The molecule has 0 amide bonds. The maximum absolute atomic E-state index is 11.1. The van der Waals surface area contributed by atoms with E-state index in [4.69, 9.17) is 5.11 Å². The van der Waals surface area contributed by atoms with Crippen molar-refractivity contribution in [3.05, 3.63) is 52.4 Å². The molecule has 1 aromatic carbocycles. The van der Waals surface area contributed by atoms with Crippen LogP contribution in [0.4, 0.5) is 0 Å². The van der Waals surface area contributed by atoms with Gasteiger partial charge in [0.25, 0.3) is 0 Å². The quantitative estimate of drug-likeness (QED) is 0.783. The first-order valence-electron chi connectivity index (χ1n) is 5.91. The fraction of sp³-hybridized carbons (Fsp3) is 0.0714. The van der Waals surface area contributed by atoms with Crippen molar-refractivity contribution in [2.75, 3.05) is 0 Å². The van der Waals surface area contributed by atoms with Gasteiger partial charge in [-0.25, -0.2) is 14.5 Å². The second-order valence-corrected chi connectivity index (χ2v) is 5.20. The number of halogens is 1. The smallest absolute Gasteiger partial charge is 0.339 e. The Bertz CT molecular complexity index is 826. The number of benzene rings is 1. The van der Waals surface area contributed by atoms with Crippen LogP contribution < -0.4 is 0 Å². The Kier molecular flexibility index (Phi) is 3.02. The highest BCUT2D eigenvalue weighted by atomic mass is 79.9. The van der Waals surface area contributed by atoms with Crippen LogP contribution in [0, 0.1) is 6.92 Å². The number of fused-ring (bicyclic) bond motifs is 1. The number of carboxylic acids is 1. The Morgan fingerprint density at radius 2 is 2.10 bits per heavy atom. The summed E-state index contributed by atoms with van der Waals surface area (Å²) >= 11 is 3.49. The van der Waals surface area contributed by atoms with Crippen LogP contribution in [0.3, 0.4) is 0 Å². The van der Waals surface area contributed by atoms with Crippen LogP contribution in [0.25, 0.3) is 16.6 Å². The third-order valence-electron chi connectivity index (χ3n) is 3.08. The maximum atomic E-state index is 11.1. The van der Waals surface area contributed by atoms with Crippen molar-refractivity contribution >= 4 is 32.7 Å². The molecule has 0 spiro atoms. The third-order valence-corrected chi connectivity index (χ3v) is 3.77. The minimum atomic E-state index is -0.991. The summed E-state index contributed by atoms with van der Waals surface area (Å²) in [5.74, 6) is -0.380. The van der Waals surface area contributed by atoms with Crippen LogP contribution in [0.2, 0.25) is 0 Å². The van der Waals surface area contributed by atoms with E-state index in [9.17, 15) is 4.79 Å². The highest BCUT2D eigenvalue weighted by Gasteiger charge is 2.14. The standard InChI is InChI=1S/C14H10BrN3O2/c1-8-11(14(19)20)7-18(17-8)13-10-3-2-4-12(15)9(10)5-6-16-13/h2-7H,1H3,(H,19,20). The van der Waals surface area contributed by atoms with Crippen molar-refractivity contribution in [1.29, 1.82) is 0 Å². The molecular formula is C14H10BrN3O2. The Balaban J connectivity index is 2.27. The first kappa shape index (κ1) is 12.8. The number of hydrogen-bond acceptors (Lipinski definition) is 3. The van der Waals surface area contributed by atoms with Gasteiger partial charge in [0.2, 0.25) is 0 Å². The number of carbonyl (C=O) groups is 1. The second-order valence-electron chi connectivity index (χ2n) is 4.35. The molecule has 0 aliphatic rings. The first-order chi connectivity index (χ1) is 9.58. The number of nitrogens with zero attached hydrogens (tertiary/aromatic N) is 3. The van der Waals surface area contributed by atoms with Gasteiger partial charge in [0, 0.05) is 27.6 Å². The van der Waals surface area contributed by atoms with E-state index in [0.717, 1.165) is 15.2 Å². The molecule has 0 bridgehead atoms. The molecule has 1 N–H and O–H groups in total. The van der Waals surface area contributed by atoms with Gasteiger partial charge in [0.15, 0.2) is 5.82 Å². The number of aryl methyl sites for hydroxylation is 1. The number of rotatable bonds is 2. The van der Waals surface area contributed by atoms with Crippen LogP contribution in [-0.4, -0.2) is 25.8 Å². The van der Waals surface area contributed by atoms with Gasteiger partial charge in [-0.2, -0.15) is 5.10 Å². The van der Waals surface area contributed by atoms with Crippen LogP contribution >= 0.6 is 15.9 Å². The fourth-order valence-electron chi connectivity index (χ4n) is 2.11. The number of pyridine rings is 1. The minimum absolute atomic E-state index is 0.179. The maximum Gasteiger partial charge on any atom is 0.339 e. The van der Waals surface area contributed by atoms with Crippen LogP contribution in [0.1, 0.15) is 16.1 Å². The van der Waals surface area contributed by atoms with E-state index in [0.29, 0.717) is 11.5 Å². The monoisotopic (exact) mass is 331 g/mol. The van der Waals surface area contributed by atoms with Gasteiger partial charge < -0.3 is 5.11 Å². The average molecular weight is 332 g/mol. The molecule has 0 atom stereocenters. The number of aromatic nitrogens is 3. The highest BCUT2D eigenvalue weighted by Crippen LogP contribution is 2.27. The predicted octanol–water partition coefficient (Wildman–Crippen LogP) is 3.19. The zero-order chi connectivity index (χ0) is 14.3. The fourth-order valence-corrected chi connectivity index (χ4v) is 2.61. The SMILES string of the molecule is Cc1nn(-c2nccc3c(Br)cccc23)cc1C(=O)O. The summed E-state index contributed by atoms with van der Waals surface area (Å²) in [6, 6.07) is 7.69. The molecule has 0 aliphatic heterocycles. The molecule has 6 heteroatoms. The Morgan fingerprint density at radius 3 is 2.80 bits per heavy atom. The Hall–Kier alpha value is -2.21. The highest BCUT2D eigenvalue weighted by molar-refractivity contribution is 9.10. The lowest BCUT2D eigenvalue weighted by molar-refractivity contribution is 0.0696. The van der Waals surface area contributed by atoms with Crippen molar-refractivity contribution in [2.24, 2.45) is 0 Å². The van der Waals surface area contributed by atoms with E-state index in [-0.39, 0.29) is 5.56 Å². The second kappa shape index (κ2) is 4.72. The number of hydrogen-bond donors (Lipinski definition) is 1. The van der Waals surface area contributed by atoms with Gasteiger partial charge in [0.05, 0.1) is 5.69 Å². The molecule has 0 fully saturated rings. The molecule has 3 rings (SSSR count). The molecule has 0 radical (unpaired) electrons. The molecular weight excluding hydrogens is 322 g/mol. The van der Waals surface area contributed by atoms with E-state index in [1.165, 1.54) is 10.9 Å². The summed E-state index contributed by atoms with van der Waals surface area (Å²) < 4.78 is 2.47. The van der Waals surface area contributed by atoms with Crippen molar-refractivity contribution in [3.63, 3.8) is 0 Å². The Morgan fingerprint density at radius 1 is 1.30 bits per heavy atom. The van der Waals surface area contributed by atoms with Crippen molar-refractivity contribution < 1.29 is 9.90 Å². The van der Waals surface area contributed by atoms with Crippen LogP contribution in [0.15, 0.2) is 41.1 Å². The molecule has 100 valence electrons. The van der Waals surface area contributed by atoms with Gasteiger partial charge in [-0.05, 0) is 19.1 Å². The summed E-state index contributed by atoms with van der Waals surface area (Å²) in [6.07, 6.45) is 3.17. The van der Waals surface area contributed by atoms with Crippen molar-refractivity contribution in [2.45, 2.75) is 6.92 Å². The van der Waals surface area contributed by atoms with Crippen molar-refractivity contribution in [1.82, 2.24) is 14.8 Å². The lowest BCUT2D eigenvalue weighted by Crippen LogP contribution is -1.99. The van der Waals surface area contributed by atoms with Gasteiger partial charge in [-0.3, -0.25) is 0 Å². The Labute approximate surface area is 123 Å². The van der Waals surface area contributed by atoms with Gasteiger partial charge in [-0.1, -0.05) is 28.1 Å². The topological polar surface area (TPSA) is 68.0 Å². The normalized spacial score (nSPS) is 10.9. The summed E-state index contributed by atoms with van der Waals surface area (Å²) in [4.78, 5) is 15.4. The lowest BCUT2D eigenvalue weighted by atomic mass is 10.1. The number of aromatic carboxylic acids is 1. The molecule has 5 nitrogen and oxygen atoms in total. The lowest BCUT2D eigenvalue weighted by Gasteiger charge is -2.06. The molecule has 0 saturated carbocycles. The molecule has 0 unspecified atom stereocenters. The molecule has 2 aromatic heterocycles. The predicted molar refractivity (Wildman–Crippen MR) is 78.3 cm³/mol. The van der Waals surface area contributed by atoms with Crippen LogP contribution in [0.5, 0.6) is 0 Å². The summed E-state index contributed by atoms with van der Waals surface area (Å²) in [5.41, 5.74) is 0.644. The average Bonchev–Trinajstić information content (AvgIpc) is 2.81. The zero-order valence-corrected chi connectivity index (χ0v) is 12.1. The molecule has 2 heterocycles. The summed E-state index contributed by atoms with van der Waals surface area (Å²) in [6.45, 7) is 1.67. The van der Waals surface area contributed by atoms with E-state index in [2.05, 4.69) is 26.0 Å². The summed E-state index contributed by atoms with van der Waals surface area (Å²) in [5, 5.41) is 15.2. The van der Waals surface area contributed by atoms with E-state index in [1.807, 2.05) is 24.3 Å². The molecule has 0 saturated heterocycles. The van der Waals surface area contributed by atoms with Crippen LogP contribution in [-0.2, 0) is 0 Å². The van der Waals surface area contributed by atoms with Crippen molar-refractivity contribution in [3.8, 4) is 5.82 Å². The van der Waals surface area contributed by atoms with Gasteiger partial charge in [-0.15, -0.1) is 0 Å². The third kappa shape index (κ3) is 1.98. The van der Waals surface area contributed by atoms with E-state index in [1.54, 1.807) is 13.1 Å².